The number of amides is 1. The summed E-state index contributed by atoms with van der Waals surface area (Å²) in [6, 6.07) is 11.9. The van der Waals surface area contributed by atoms with Gasteiger partial charge in [-0.25, -0.2) is 13.6 Å². The van der Waals surface area contributed by atoms with Gasteiger partial charge in [0.05, 0.1) is 29.8 Å². The Kier molecular flexibility index (Phi) is 5.99. The molecule has 0 radical (unpaired) electrons. The molecule has 2 aromatic carbocycles. The van der Waals surface area contributed by atoms with Crippen LogP contribution in [0.25, 0.3) is 0 Å². The van der Waals surface area contributed by atoms with E-state index in [1.807, 2.05) is 4.68 Å². The first kappa shape index (κ1) is 21.4. The number of nitrogens with two attached hydrogens (primary N) is 1. The number of hydrogen-bond donors (Lipinski definition) is 2. The van der Waals surface area contributed by atoms with Crippen LogP contribution in [0, 0.1) is 0 Å². The van der Waals surface area contributed by atoms with E-state index in [4.69, 9.17) is 21.5 Å². The minimum absolute atomic E-state index is 0.00399. The number of carbonyl (C=O) groups is 1. The molecule has 1 aromatic heterocycles. The summed E-state index contributed by atoms with van der Waals surface area (Å²) in [5, 5.41) is 12.8. The molecular weight excluding hydrogens is 440 g/mol. The summed E-state index contributed by atoms with van der Waals surface area (Å²) in [6.45, 7) is -0.00399. The Labute approximate surface area is 185 Å². The van der Waals surface area contributed by atoms with Crippen LogP contribution in [0.3, 0.4) is 0 Å². The van der Waals surface area contributed by atoms with Crippen molar-refractivity contribution in [3.05, 3.63) is 71.0 Å². The molecular formula is C21H21ClN4O4S. The van der Waals surface area contributed by atoms with Gasteiger partial charge >= 0.3 is 0 Å². The van der Waals surface area contributed by atoms with Crippen LogP contribution < -0.4 is 15.2 Å². The summed E-state index contributed by atoms with van der Waals surface area (Å²) < 4.78 is 31.8. The molecule has 1 aliphatic rings. The van der Waals surface area contributed by atoms with Crippen LogP contribution in [0.4, 0.5) is 5.69 Å². The number of halogens is 1. The van der Waals surface area contributed by atoms with Crippen LogP contribution >= 0.6 is 11.6 Å². The first-order chi connectivity index (χ1) is 14.8. The standard InChI is InChI=1S/C21H21ClN4O4S/c22-19-4-2-1-3-14(19)9-21(27)25-16-6-5-15(20(10-16)31(23,28)29)13-30-18-11-24-26(12-18)17-7-8-17/h1-6,10-12,17H,7-9,13H2,(H,25,27)(H2,23,28,29). The van der Waals surface area contributed by atoms with Crippen molar-refractivity contribution in [3.8, 4) is 5.75 Å². The van der Waals surface area contributed by atoms with Gasteiger partial charge in [0.25, 0.3) is 0 Å². The lowest BCUT2D eigenvalue weighted by Gasteiger charge is -2.12. The lowest BCUT2D eigenvalue weighted by atomic mass is 10.1. The Morgan fingerprint density at radius 1 is 1.23 bits per heavy atom. The molecule has 162 valence electrons. The van der Waals surface area contributed by atoms with Crippen molar-refractivity contribution in [2.75, 3.05) is 5.32 Å². The van der Waals surface area contributed by atoms with Crippen molar-refractivity contribution >= 4 is 33.2 Å². The number of primary sulfonamides is 1. The van der Waals surface area contributed by atoms with E-state index in [1.165, 1.54) is 6.07 Å². The van der Waals surface area contributed by atoms with E-state index < -0.39 is 10.0 Å². The Balaban J connectivity index is 1.47. The first-order valence-corrected chi connectivity index (χ1v) is 11.6. The van der Waals surface area contributed by atoms with Crippen LogP contribution in [-0.2, 0) is 27.8 Å². The topological polar surface area (TPSA) is 116 Å². The molecule has 0 unspecified atom stereocenters. The van der Waals surface area contributed by atoms with Crippen LogP contribution in [0.1, 0.15) is 30.0 Å². The lowest BCUT2D eigenvalue weighted by molar-refractivity contribution is -0.115. The van der Waals surface area contributed by atoms with Gasteiger partial charge in [-0.3, -0.25) is 9.48 Å². The number of carbonyl (C=O) groups excluding carboxylic acids is 1. The van der Waals surface area contributed by atoms with Crippen molar-refractivity contribution in [2.45, 2.75) is 36.8 Å². The average molecular weight is 461 g/mol. The highest BCUT2D eigenvalue weighted by Gasteiger charge is 2.24. The normalized spacial score (nSPS) is 13.7. The maximum atomic E-state index is 12.4. The van der Waals surface area contributed by atoms with Crippen molar-refractivity contribution in [1.29, 1.82) is 0 Å². The number of hydrogen-bond acceptors (Lipinski definition) is 5. The quantitative estimate of drug-likeness (QED) is 0.535. The molecule has 0 spiro atoms. The molecule has 0 atom stereocenters. The number of nitrogens with zero attached hydrogens (tertiary/aromatic N) is 2. The number of sulfonamides is 1. The van der Waals surface area contributed by atoms with Crippen LogP contribution in [0.15, 0.2) is 59.8 Å². The van der Waals surface area contributed by atoms with Gasteiger partial charge < -0.3 is 10.1 Å². The van der Waals surface area contributed by atoms with E-state index in [2.05, 4.69) is 10.4 Å². The van der Waals surface area contributed by atoms with Gasteiger partial charge in [-0.2, -0.15) is 5.10 Å². The molecule has 0 saturated heterocycles. The Morgan fingerprint density at radius 3 is 2.71 bits per heavy atom. The number of aromatic nitrogens is 2. The number of rotatable bonds is 8. The molecule has 4 rings (SSSR count). The minimum Gasteiger partial charge on any atom is -0.486 e. The van der Waals surface area contributed by atoms with E-state index in [1.54, 1.807) is 48.8 Å². The summed E-state index contributed by atoms with van der Waals surface area (Å²) in [4.78, 5) is 12.3. The number of nitrogens with one attached hydrogen (secondary N) is 1. The maximum Gasteiger partial charge on any atom is 0.238 e. The van der Waals surface area contributed by atoms with E-state index in [-0.39, 0.29) is 23.8 Å². The second-order valence-corrected chi connectivity index (χ2v) is 9.30. The van der Waals surface area contributed by atoms with Gasteiger partial charge in [-0.1, -0.05) is 35.9 Å². The summed E-state index contributed by atoms with van der Waals surface area (Å²) in [5.41, 5.74) is 1.36. The highest BCUT2D eigenvalue weighted by molar-refractivity contribution is 7.89. The largest absolute Gasteiger partial charge is 0.486 e. The SMILES string of the molecule is NS(=O)(=O)c1cc(NC(=O)Cc2ccccc2Cl)ccc1COc1cnn(C2CC2)c1. The molecule has 0 aliphatic heterocycles. The van der Waals surface area contributed by atoms with Crippen LogP contribution in [-0.4, -0.2) is 24.1 Å². The lowest BCUT2D eigenvalue weighted by Crippen LogP contribution is -2.18. The fourth-order valence-electron chi connectivity index (χ4n) is 3.13. The zero-order valence-electron chi connectivity index (χ0n) is 16.5. The molecule has 10 heteroatoms. The fraction of sp³-hybridized carbons (Fsp3) is 0.238. The minimum atomic E-state index is -4.03. The Morgan fingerprint density at radius 2 is 2.00 bits per heavy atom. The molecule has 0 bridgehead atoms. The molecule has 1 saturated carbocycles. The number of anilines is 1. The first-order valence-electron chi connectivity index (χ1n) is 9.65. The van der Waals surface area contributed by atoms with Crippen LogP contribution in [0.2, 0.25) is 5.02 Å². The third-order valence-corrected chi connectivity index (χ3v) is 6.22. The summed E-state index contributed by atoms with van der Waals surface area (Å²) in [5.74, 6) is 0.217. The number of benzene rings is 2. The summed E-state index contributed by atoms with van der Waals surface area (Å²) >= 11 is 6.09. The van der Waals surface area contributed by atoms with Gasteiger partial charge in [-0.15, -0.1) is 0 Å². The summed E-state index contributed by atoms with van der Waals surface area (Å²) in [6.07, 6.45) is 5.64. The zero-order chi connectivity index (χ0) is 22.0. The van der Waals surface area contributed by atoms with Crippen molar-refractivity contribution in [2.24, 2.45) is 5.14 Å². The molecule has 1 aliphatic carbocycles. The molecule has 1 fully saturated rings. The van der Waals surface area contributed by atoms with Gasteiger partial charge in [0.15, 0.2) is 5.75 Å². The van der Waals surface area contributed by atoms with Crippen LogP contribution in [0.5, 0.6) is 5.75 Å². The molecule has 31 heavy (non-hydrogen) atoms. The zero-order valence-corrected chi connectivity index (χ0v) is 18.1. The van der Waals surface area contributed by atoms with Gasteiger partial charge in [-0.05, 0) is 36.6 Å². The molecule has 3 N–H and O–H groups in total. The fourth-order valence-corrected chi connectivity index (χ4v) is 4.12. The van der Waals surface area contributed by atoms with E-state index in [0.717, 1.165) is 12.8 Å². The highest BCUT2D eigenvalue weighted by atomic mass is 35.5. The number of ether oxygens (including phenoxy) is 1. The smallest absolute Gasteiger partial charge is 0.238 e. The van der Waals surface area contributed by atoms with Crippen molar-refractivity contribution < 1.29 is 17.9 Å². The maximum absolute atomic E-state index is 12.4. The molecule has 8 nitrogen and oxygen atoms in total. The third-order valence-electron chi connectivity index (χ3n) is 4.86. The highest BCUT2D eigenvalue weighted by Crippen LogP contribution is 2.35. The van der Waals surface area contributed by atoms with E-state index in [9.17, 15) is 13.2 Å². The second kappa shape index (κ2) is 8.70. The second-order valence-electron chi connectivity index (χ2n) is 7.36. The van der Waals surface area contributed by atoms with Crippen molar-refractivity contribution in [3.63, 3.8) is 0 Å². The van der Waals surface area contributed by atoms with Gasteiger partial charge in [0.2, 0.25) is 15.9 Å². The third kappa shape index (κ3) is 5.43. The van der Waals surface area contributed by atoms with Gasteiger partial charge in [0.1, 0.15) is 6.61 Å². The average Bonchev–Trinajstić information content (AvgIpc) is 3.46. The Hall–Kier alpha value is -2.88. The summed E-state index contributed by atoms with van der Waals surface area (Å²) in [7, 11) is -4.03. The van der Waals surface area contributed by atoms with Gasteiger partial charge in [0, 0.05) is 16.3 Å². The van der Waals surface area contributed by atoms with E-state index in [0.29, 0.717) is 33.6 Å². The monoisotopic (exact) mass is 460 g/mol. The molecule has 1 heterocycles. The van der Waals surface area contributed by atoms with Crippen molar-refractivity contribution in [1.82, 2.24) is 9.78 Å². The Bertz CT molecular complexity index is 1220. The predicted octanol–water partition coefficient (Wildman–Crippen LogP) is 3.28. The molecule has 3 aromatic rings. The van der Waals surface area contributed by atoms with E-state index >= 15 is 0 Å². The predicted molar refractivity (Wildman–Crippen MR) is 116 cm³/mol. The molecule has 1 amide bonds.